The van der Waals surface area contributed by atoms with E-state index in [4.69, 9.17) is 21.1 Å². The van der Waals surface area contributed by atoms with Crippen LogP contribution in [0.15, 0.2) is 35.7 Å². The zero-order valence-corrected chi connectivity index (χ0v) is 14.5. The molecule has 6 heteroatoms. The van der Waals surface area contributed by atoms with Gasteiger partial charge in [0.25, 0.3) is 0 Å². The zero-order chi connectivity index (χ0) is 15.5. The van der Waals surface area contributed by atoms with E-state index >= 15 is 0 Å². The second kappa shape index (κ2) is 6.69. The smallest absolute Gasteiger partial charge is 0.160 e. The number of nitrogens with zero attached hydrogens (tertiary/aromatic N) is 1. The number of thiazole rings is 1. The maximum atomic E-state index is 5.98. The molecule has 0 aliphatic rings. The Hall–Kier alpha value is -1.56. The number of methoxy groups -OCH3 is 2. The van der Waals surface area contributed by atoms with Crippen molar-refractivity contribution in [1.82, 2.24) is 4.98 Å². The van der Waals surface area contributed by atoms with Crippen LogP contribution >= 0.6 is 34.3 Å². The van der Waals surface area contributed by atoms with Crippen molar-refractivity contribution in [3.8, 4) is 22.1 Å². The van der Waals surface area contributed by atoms with Gasteiger partial charge in [0.05, 0.1) is 34.1 Å². The van der Waals surface area contributed by atoms with Crippen LogP contribution in [0, 0.1) is 0 Å². The van der Waals surface area contributed by atoms with E-state index in [1.165, 1.54) is 0 Å². The highest BCUT2D eigenvalue weighted by Crippen LogP contribution is 2.33. The molecule has 0 spiro atoms. The van der Waals surface area contributed by atoms with Gasteiger partial charge in [-0.15, -0.1) is 22.7 Å². The van der Waals surface area contributed by atoms with Crippen molar-refractivity contribution in [2.45, 2.75) is 6.42 Å². The molecule has 0 radical (unpaired) electrons. The highest BCUT2D eigenvalue weighted by atomic mass is 35.5. The van der Waals surface area contributed by atoms with Gasteiger partial charge in [-0.1, -0.05) is 17.7 Å². The molecule has 0 amide bonds. The molecule has 3 aromatic rings. The number of hydrogen-bond acceptors (Lipinski definition) is 5. The third kappa shape index (κ3) is 3.27. The lowest BCUT2D eigenvalue weighted by molar-refractivity contribution is 0.354. The van der Waals surface area contributed by atoms with Crippen LogP contribution in [0.5, 0.6) is 11.5 Å². The van der Waals surface area contributed by atoms with Crippen LogP contribution in [-0.4, -0.2) is 19.2 Å². The van der Waals surface area contributed by atoms with Crippen molar-refractivity contribution in [2.24, 2.45) is 0 Å². The molecule has 2 heterocycles. The molecule has 3 nitrogen and oxygen atoms in total. The Labute approximate surface area is 142 Å². The van der Waals surface area contributed by atoms with Crippen LogP contribution in [0.25, 0.3) is 10.6 Å². The highest BCUT2D eigenvalue weighted by molar-refractivity contribution is 7.19. The minimum Gasteiger partial charge on any atom is -0.493 e. The standard InChI is InChI=1S/C16H14ClNO2S2/c1-19-12-4-3-10(7-13(12)20-2)8-16-18-11(9-21-16)14-5-6-15(17)22-14/h3-7,9H,8H2,1-2H3. The van der Waals surface area contributed by atoms with Crippen LogP contribution in [0.1, 0.15) is 10.6 Å². The van der Waals surface area contributed by atoms with Gasteiger partial charge in [-0.25, -0.2) is 4.98 Å². The molecular formula is C16H14ClNO2S2. The Morgan fingerprint density at radius 1 is 1.09 bits per heavy atom. The third-order valence-electron chi connectivity index (χ3n) is 3.18. The summed E-state index contributed by atoms with van der Waals surface area (Å²) >= 11 is 9.17. The molecule has 0 saturated heterocycles. The molecule has 0 aliphatic carbocycles. The highest BCUT2D eigenvalue weighted by Gasteiger charge is 2.10. The van der Waals surface area contributed by atoms with E-state index in [9.17, 15) is 0 Å². The van der Waals surface area contributed by atoms with Crippen LogP contribution in [0.2, 0.25) is 4.34 Å². The second-order valence-electron chi connectivity index (χ2n) is 4.60. The van der Waals surface area contributed by atoms with Crippen molar-refractivity contribution in [2.75, 3.05) is 14.2 Å². The topological polar surface area (TPSA) is 31.4 Å². The normalized spacial score (nSPS) is 10.7. The molecule has 0 fully saturated rings. The minimum absolute atomic E-state index is 0.735. The van der Waals surface area contributed by atoms with Crippen LogP contribution in [-0.2, 0) is 6.42 Å². The molecule has 3 rings (SSSR count). The van der Waals surface area contributed by atoms with E-state index in [2.05, 4.69) is 10.4 Å². The average Bonchev–Trinajstić information content (AvgIpc) is 3.16. The summed E-state index contributed by atoms with van der Waals surface area (Å²) in [7, 11) is 3.28. The van der Waals surface area contributed by atoms with Gasteiger partial charge in [0.1, 0.15) is 0 Å². The quantitative estimate of drug-likeness (QED) is 0.638. The van der Waals surface area contributed by atoms with Crippen LogP contribution in [0.4, 0.5) is 0 Å². The molecule has 0 unspecified atom stereocenters. The number of hydrogen-bond donors (Lipinski definition) is 0. The molecular weight excluding hydrogens is 338 g/mol. The van der Waals surface area contributed by atoms with Crippen LogP contribution in [0.3, 0.4) is 0 Å². The van der Waals surface area contributed by atoms with Gasteiger partial charge in [0, 0.05) is 11.8 Å². The van der Waals surface area contributed by atoms with Gasteiger partial charge in [0.2, 0.25) is 0 Å². The summed E-state index contributed by atoms with van der Waals surface area (Å²) in [5.74, 6) is 1.47. The summed E-state index contributed by atoms with van der Waals surface area (Å²) in [6, 6.07) is 9.84. The van der Waals surface area contributed by atoms with E-state index in [0.29, 0.717) is 0 Å². The van der Waals surface area contributed by atoms with Crippen molar-refractivity contribution in [1.29, 1.82) is 0 Å². The van der Waals surface area contributed by atoms with Crippen molar-refractivity contribution in [3.63, 3.8) is 0 Å². The molecule has 0 aliphatic heterocycles. The summed E-state index contributed by atoms with van der Waals surface area (Å²) in [5.41, 5.74) is 2.13. The Morgan fingerprint density at radius 2 is 1.91 bits per heavy atom. The van der Waals surface area contributed by atoms with E-state index in [1.807, 2.05) is 30.3 Å². The number of ether oxygens (including phenoxy) is 2. The number of halogens is 1. The lowest BCUT2D eigenvalue weighted by Crippen LogP contribution is -1.93. The zero-order valence-electron chi connectivity index (χ0n) is 12.1. The Balaban J connectivity index is 1.80. The van der Waals surface area contributed by atoms with E-state index < -0.39 is 0 Å². The van der Waals surface area contributed by atoms with E-state index in [1.54, 1.807) is 36.9 Å². The molecule has 0 N–H and O–H groups in total. The fourth-order valence-corrected chi connectivity index (χ4v) is 4.03. The predicted octanol–water partition coefficient (Wildman–Crippen LogP) is 5.13. The Morgan fingerprint density at radius 3 is 2.59 bits per heavy atom. The van der Waals surface area contributed by atoms with E-state index in [-0.39, 0.29) is 0 Å². The lowest BCUT2D eigenvalue weighted by Gasteiger charge is -2.08. The Kier molecular flexibility index (Phi) is 4.66. The summed E-state index contributed by atoms with van der Waals surface area (Å²) < 4.78 is 11.4. The molecule has 22 heavy (non-hydrogen) atoms. The summed E-state index contributed by atoms with van der Waals surface area (Å²) in [6.07, 6.45) is 0.768. The third-order valence-corrected chi connectivity index (χ3v) is 5.28. The maximum absolute atomic E-state index is 5.98. The maximum Gasteiger partial charge on any atom is 0.160 e. The van der Waals surface area contributed by atoms with Gasteiger partial charge < -0.3 is 9.47 Å². The minimum atomic E-state index is 0.735. The Bertz CT molecular complexity index is 782. The SMILES string of the molecule is COc1ccc(Cc2nc(-c3ccc(Cl)s3)cs2)cc1OC. The van der Waals surface area contributed by atoms with Gasteiger partial charge >= 0.3 is 0 Å². The van der Waals surface area contributed by atoms with Gasteiger partial charge in [0.15, 0.2) is 11.5 Å². The number of thiophene rings is 1. The average molecular weight is 352 g/mol. The molecule has 114 valence electrons. The first kappa shape index (κ1) is 15.3. The van der Waals surface area contributed by atoms with Gasteiger partial charge in [-0.05, 0) is 29.8 Å². The molecule has 0 saturated carbocycles. The number of rotatable bonds is 5. The van der Waals surface area contributed by atoms with Crippen molar-refractivity contribution < 1.29 is 9.47 Å². The fraction of sp³-hybridized carbons (Fsp3) is 0.188. The predicted molar refractivity (Wildman–Crippen MR) is 92.8 cm³/mol. The molecule has 1 aromatic carbocycles. The van der Waals surface area contributed by atoms with Crippen molar-refractivity contribution in [3.05, 3.63) is 50.6 Å². The second-order valence-corrected chi connectivity index (χ2v) is 7.25. The molecule has 0 bridgehead atoms. The van der Waals surface area contributed by atoms with Gasteiger partial charge in [-0.3, -0.25) is 0 Å². The van der Waals surface area contributed by atoms with Crippen molar-refractivity contribution >= 4 is 34.3 Å². The van der Waals surface area contributed by atoms with E-state index in [0.717, 1.165) is 43.4 Å². The van der Waals surface area contributed by atoms with Gasteiger partial charge in [-0.2, -0.15) is 0 Å². The molecule has 2 aromatic heterocycles. The summed E-state index contributed by atoms with van der Waals surface area (Å²) in [6.45, 7) is 0. The first-order valence-corrected chi connectivity index (χ1v) is 8.68. The summed E-state index contributed by atoms with van der Waals surface area (Å²) in [4.78, 5) is 5.78. The van der Waals surface area contributed by atoms with Crippen LogP contribution < -0.4 is 9.47 Å². The number of benzene rings is 1. The number of aromatic nitrogens is 1. The largest absolute Gasteiger partial charge is 0.493 e. The fourth-order valence-electron chi connectivity index (χ4n) is 2.12. The monoisotopic (exact) mass is 351 g/mol. The molecule has 0 atom stereocenters. The lowest BCUT2D eigenvalue weighted by atomic mass is 10.1. The first-order valence-electron chi connectivity index (χ1n) is 6.60. The summed E-state index contributed by atoms with van der Waals surface area (Å²) in [5, 5.41) is 3.13. The first-order chi connectivity index (χ1) is 10.7.